The summed E-state index contributed by atoms with van der Waals surface area (Å²) in [6.45, 7) is 2.45. The minimum Gasteiger partial charge on any atom is -0.355 e. The highest BCUT2D eigenvalue weighted by molar-refractivity contribution is 8.00. The van der Waals surface area contributed by atoms with Crippen molar-refractivity contribution in [3.63, 3.8) is 0 Å². The summed E-state index contributed by atoms with van der Waals surface area (Å²) >= 11 is 1.55. The maximum absolute atomic E-state index is 12.2. The van der Waals surface area contributed by atoms with E-state index in [4.69, 9.17) is 0 Å². The Hall–Kier alpha value is -1.01. The normalized spacial score (nSPS) is 21.9. The molecule has 1 fully saturated rings. The molecule has 1 aliphatic rings. The van der Waals surface area contributed by atoms with Crippen LogP contribution in [-0.2, 0) is 14.6 Å². The molecule has 1 saturated heterocycles. The zero-order valence-corrected chi connectivity index (χ0v) is 13.8. The Morgan fingerprint density at radius 1 is 1.38 bits per heavy atom. The molecular weight excluding hydrogens is 306 g/mol. The molecule has 0 aliphatic carbocycles. The number of amides is 1. The van der Waals surface area contributed by atoms with Crippen LogP contribution in [0.2, 0.25) is 0 Å². The Balaban J connectivity index is 1.83. The van der Waals surface area contributed by atoms with Gasteiger partial charge in [-0.15, -0.1) is 11.8 Å². The highest BCUT2D eigenvalue weighted by Crippen LogP contribution is 2.25. The predicted octanol–water partition coefficient (Wildman–Crippen LogP) is 2.11. The summed E-state index contributed by atoms with van der Waals surface area (Å²) in [6.07, 6.45) is 1.40. The average Bonchev–Trinajstić information content (AvgIpc) is 2.82. The quantitative estimate of drug-likeness (QED) is 0.813. The van der Waals surface area contributed by atoms with Crippen molar-refractivity contribution in [2.75, 3.05) is 18.1 Å². The molecule has 21 heavy (non-hydrogen) atoms. The van der Waals surface area contributed by atoms with Gasteiger partial charge in [-0.05, 0) is 30.9 Å². The number of carbonyl (C=O) groups excluding carboxylic acids is 1. The molecule has 4 nitrogen and oxygen atoms in total. The molecule has 0 aromatic heterocycles. The van der Waals surface area contributed by atoms with E-state index in [2.05, 4.69) is 5.32 Å². The molecule has 0 radical (unpaired) electrons. The summed E-state index contributed by atoms with van der Waals surface area (Å²) in [5, 5.41) is 2.78. The molecule has 1 heterocycles. The molecule has 2 rings (SSSR count). The van der Waals surface area contributed by atoms with Crippen molar-refractivity contribution in [1.29, 1.82) is 0 Å². The molecule has 0 unspecified atom stereocenters. The third kappa shape index (κ3) is 5.04. The van der Waals surface area contributed by atoms with Crippen molar-refractivity contribution in [2.24, 2.45) is 5.92 Å². The zero-order chi connectivity index (χ0) is 15.3. The highest BCUT2D eigenvalue weighted by Gasteiger charge is 2.28. The molecule has 116 valence electrons. The van der Waals surface area contributed by atoms with Crippen LogP contribution >= 0.6 is 11.8 Å². The van der Waals surface area contributed by atoms with Gasteiger partial charge < -0.3 is 5.32 Å². The summed E-state index contributed by atoms with van der Waals surface area (Å²) in [4.78, 5) is 13.3. The maximum Gasteiger partial charge on any atom is 0.233 e. The van der Waals surface area contributed by atoms with Gasteiger partial charge in [0.25, 0.3) is 0 Å². The maximum atomic E-state index is 12.2. The van der Waals surface area contributed by atoms with E-state index in [0.29, 0.717) is 13.0 Å². The van der Waals surface area contributed by atoms with Crippen LogP contribution in [0.4, 0.5) is 0 Å². The van der Waals surface area contributed by atoms with Crippen molar-refractivity contribution >= 4 is 27.5 Å². The molecule has 1 N–H and O–H groups in total. The number of thioether (sulfide) groups is 1. The summed E-state index contributed by atoms with van der Waals surface area (Å²) in [7, 11) is -2.87. The monoisotopic (exact) mass is 327 g/mol. The second-order valence-corrected chi connectivity index (χ2v) is 8.85. The van der Waals surface area contributed by atoms with Gasteiger partial charge >= 0.3 is 0 Å². The van der Waals surface area contributed by atoms with Gasteiger partial charge in [-0.3, -0.25) is 4.79 Å². The number of sulfone groups is 1. The van der Waals surface area contributed by atoms with E-state index in [1.165, 1.54) is 0 Å². The van der Waals surface area contributed by atoms with Gasteiger partial charge in [0.2, 0.25) is 5.91 Å². The first-order valence-electron chi connectivity index (χ1n) is 7.20. The van der Waals surface area contributed by atoms with E-state index >= 15 is 0 Å². The van der Waals surface area contributed by atoms with Crippen LogP contribution in [0.15, 0.2) is 35.2 Å². The van der Waals surface area contributed by atoms with E-state index in [-0.39, 0.29) is 28.6 Å². The molecule has 1 aromatic rings. The van der Waals surface area contributed by atoms with Crippen molar-refractivity contribution in [2.45, 2.75) is 29.9 Å². The van der Waals surface area contributed by atoms with E-state index in [1.807, 2.05) is 37.3 Å². The summed E-state index contributed by atoms with van der Waals surface area (Å²) in [5.74, 6) is 0.521. The lowest BCUT2D eigenvalue weighted by atomic mass is 10.1. The Morgan fingerprint density at radius 3 is 2.67 bits per heavy atom. The van der Waals surface area contributed by atoms with Crippen LogP contribution in [0, 0.1) is 5.92 Å². The summed E-state index contributed by atoms with van der Waals surface area (Å²) in [6, 6.07) is 9.84. The molecular formula is C15H21NO3S2. The number of benzene rings is 1. The number of hydrogen-bond acceptors (Lipinski definition) is 4. The Kier molecular flexibility index (Phi) is 5.70. The lowest BCUT2D eigenvalue weighted by molar-refractivity contribution is -0.120. The van der Waals surface area contributed by atoms with Gasteiger partial charge in [-0.25, -0.2) is 8.42 Å². The standard InChI is InChI=1S/C15H21NO3S2/c1-2-14(20-13-6-4-3-5-7-13)15(17)16-10-12-8-9-21(18,19)11-12/h3-7,12,14H,2,8-11H2,1H3,(H,16,17)/t12-,14-/m1/s1. The molecule has 2 atom stereocenters. The first kappa shape index (κ1) is 16.4. The molecule has 0 spiro atoms. The van der Waals surface area contributed by atoms with Gasteiger partial charge in [0, 0.05) is 11.4 Å². The number of rotatable bonds is 6. The predicted molar refractivity (Wildman–Crippen MR) is 86.1 cm³/mol. The van der Waals surface area contributed by atoms with Gasteiger partial charge in [0.05, 0.1) is 16.8 Å². The van der Waals surface area contributed by atoms with E-state index in [9.17, 15) is 13.2 Å². The first-order valence-corrected chi connectivity index (χ1v) is 9.90. The third-order valence-corrected chi connectivity index (χ3v) is 6.79. The minimum absolute atomic E-state index is 0.00403. The molecule has 1 amide bonds. The van der Waals surface area contributed by atoms with Crippen LogP contribution in [0.25, 0.3) is 0 Å². The Bertz CT molecular complexity index is 572. The van der Waals surface area contributed by atoms with E-state index < -0.39 is 9.84 Å². The lowest BCUT2D eigenvalue weighted by Crippen LogP contribution is -2.36. The van der Waals surface area contributed by atoms with Gasteiger partial charge in [0.15, 0.2) is 9.84 Å². The van der Waals surface area contributed by atoms with Crippen LogP contribution < -0.4 is 5.32 Å². The van der Waals surface area contributed by atoms with Gasteiger partial charge in [0.1, 0.15) is 0 Å². The van der Waals surface area contributed by atoms with Gasteiger partial charge in [-0.2, -0.15) is 0 Å². The third-order valence-electron chi connectivity index (χ3n) is 3.58. The Morgan fingerprint density at radius 2 is 2.10 bits per heavy atom. The first-order chi connectivity index (χ1) is 10.00. The van der Waals surface area contributed by atoms with Crippen molar-refractivity contribution in [1.82, 2.24) is 5.32 Å². The average molecular weight is 327 g/mol. The fraction of sp³-hybridized carbons (Fsp3) is 0.533. The lowest BCUT2D eigenvalue weighted by Gasteiger charge is -2.16. The largest absolute Gasteiger partial charge is 0.355 e. The second-order valence-electron chi connectivity index (χ2n) is 5.34. The fourth-order valence-electron chi connectivity index (χ4n) is 2.38. The number of carbonyl (C=O) groups is 1. The van der Waals surface area contributed by atoms with Crippen LogP contribution in [0.3, 0.4) is 0 Å². The summed E-state index contributed by atoms with van der Waals surface area (Å²) in [5.41, 5.74) is 0. The number of hydrogen-bond donors (Lipinski definition) is 1. The minimum atomic E-state index is -2.87. The van der Waals surface area contributed by atoms with Crippen molar-refractivity contribution in [3.8, 4) is 0 Å². The molecule has 0 saturated carbocycles. The van der Waals surface area contributed by atoms with Gasteiger partial charge in [-0.1, -0.05) is 25.1 Å². The van der Waals surface area contributed by atoms with E-state index in [1.54, 1.807) is 11.8 Å². The van der Waals surface area contributed by atoms with Crippen molar-refractivity contribution < 1.29 is 13.2 Å². The second kappa shape index (κ2) is 7.31. The Labute approximate surface area is 130 Å². The van der Waals surface area contributed by atoms with Crippen molar-refractivity contribution in [3.05, 3.63) is 30.3 Å². The molecule has 0 bridgehead atoms. The highest BCUT2D eigenvalue weighted by atomic mass is 32.2. The molecule has 1 aliphatic heterocycles. The van der Waals surface area contributed by atoms with E-state index in [0.717, 1.165) is 11.3 Å². The molecule has 6 heteroatoms. The fourth-order valence-corrected chi connectivity index (χ4v) is 5.24. The zero-order valence-electron chi connectivity index (χ0n) is 12.1. The topological polar surface area (TPSA) is 63.2 Å². The molecule has 1 aromatic carbocycles. The smallest absolute Gasteiger partial charge is 0.233 e. The SMILES string of the molecule is CC[C@@H](Sc1ccccc1)C(=O)NC[C@H]1CCS(=O)(=O)C1. The van der Waals surface area contributed by atoms with Crippen LogP contribution in [0.5, 0.6) is 0 Å². The van der Waals surface area contributed by atoms with Crippen LogP contribution in [0.1, 0.15) is 19.8 Å². The number of nitrogens with one attached hydrogen (secondary N) is 1. The van der Waals surface area contributed by atoms with Crippen LogP contribution in [-0.4, -0.2) is 37.6 Å². The summed E-state index contributed by atoms with van der Waals surface area (Å²) < 4.78 is 22.8.